The van der Waals surface area contributed by atoms with E-state index in [1.54, 1.807) is 42.5 Å². The first-order valence-corrected chi connectivity index (χ1v) is 10.9. The largest absolute Gasteiger partial charge is 0.481 e. The van der Waals surface area contributed by atoms with E-state index in [1.807, 2.05) is 0 Å². The maximum atomic E-state index is 12.4. The zero-order chi connectivity index (χ0) is 24.7. The molecule has 3 rings (SSSR count). The predicted octanol–water partition coefficient (Wildman–Crippen LogP) is 5.15. The molecule has 1 N–H and O–H groups in total. The van der Waals surface area contributed by atoms with Crippen LogP contribution in [0.1, 0.15) is 22.8 Å². The lowest BCUT2D eigenvalue weighted by Gasteiger charge is -2.12. The number of non-ortho nitro benzene ring substituents is 1. The number of ether oxygens (including phenoxy) is 2. The van der Waals surface area contributed by atoms with Gasteiger partial charge in [0.15, 0.2) is 6.10 Å². The average molecular weight is 547 g/mol. The molecule has 0 aliphatic rings. The Bertz CT molecular complexity index is 1230. The summed E-state index contributed by atoms with van der Waals surface area (Å²) in [7, 11) is 0. The predicted molar refractivity (Wildman–Crippen MR) is 129 cm³/mol. The smallest absolute Gasteiger partial charge is 0.343 e. The highest BCUT2D eigenvalue weighted by atomic mass is 79.9. The molecule has 0 radical (unpaired) electrons. The van der Waals surface area contributed by atoms with Crippen LogP contribution in [0.25, 0.3) is 0 Å². The molecule has 1 amide bonds. The highest BCUT2D eigenvalue weighted by molar-refractivity contribution is 9.10. The SMILES string of the molecule is CC(Oc1ccc([N+](=O)[O-])cc1)C(=O)NN=Cc1cc(Br)ccc1OC(=O)c1ccc(Cl)cc1. The Morgan fingerprint density at radius 3 is 2.44 bits per heavy atom. The van der Waals surface area contributed by atoms with Crippen molar-refractivity contribution in [1.82, 2.24) is 5.43 Å². The third-order valence-electron chi connectivity index (χ3n) is 4.36. The summed E-state index contributed by atoms with van der Waals surface area (Å²) in [6, 6.07) is 16.5. The van der Waals surface area contributed by atoms with E-state index >= 15 is 0 Å². The number of nitrogens with zero attached hydrogens (tertiary/aromatic N) is 2. The van der Waals surface area contributed by atoms with Gasteiger partial charge in [0.25, 0.3) is 11.6 Å². The lowest BCUT2D eigenvalue weighted by molar-refractivity contribution is -0.384. The number of nitro benzene ring substituents is 1. The summed E-state index contributed by atoms with van der Waals surface area (Å²) in [6.07, 6.45) is 0.398. The van der Waals surface area contributed by atoms with E-state index in [4.69, 9.17) is 21.1 Å². The van der Waals surface area contributed by atoms with Gasteiger partial charge in [-0.2, -0.15) is 5.10 Å². The van der Waals surface area contributed by atoms with Crippen molar-refractivity contribution in [2.24, 2.45) is 5.10 Å². The third kappa shape index (κ3) is 6.87. The standard InChI is InChI=1S/C23H17BrClN3O6/c1-14(33-20-9-7-19(8-10-20)28(31)32)22(29)27-26-13-16-12-17(24)4-11-21(16)34-23(30)15-2-5-18(25)6-3-15/h2-14H,1H3,(H,27,29). The molecule has 0 aliphatic heterocycles. The van der Waals surface area contributed by atoms with Crippen molar-refractivity contribution in [1.29, 1.82) is 0 Å². The Morgan fingerprint density at radius 1 is 1.12 bits per heavy atom. The van der Waals surface area contributed by atoms with E-state index in [-0.39, 0.29) is 11.4 Å². The molecule has 1 unspecified atom stereocenters. The number of amides is 1. The molecule has 34 heavy (non-hydrogen) atoms. The van der Waals surface area contributed by atoms with Crippen LogP contribution in [0.15, 0.2) is 76.3 Å². The van der Waals surface area contributed by atoms with Gasteiger partial charge >= 0.3 is 5.97 Å². The number of hydrogen-bond donors (Lipinski definition) is 1. The molecule has 3 aromatic carbocycles. The number of hydrazone groups is 1. The van der Waals surface area contributed by atoms with Gasteiger partial charge in [0.1, 0.15) is 11.5 Å². The van der Waals surface area contributed by atoms with E-state index in [1.165, 1.54) is 37.4 Å². The Hall–Kier alpha value is -3.76. The molecular weight excluding hydrogens is 530 g/mol. The second-order valence-corrected chi connectivity index (χ2v) is 8.18. The normalized spacial score (nSPS) is 11.6. The van der Waals surface area contributed by atoms with Crippen molar-refractivity contribution in [3.05, 3.63) is 97.5 Å². The van der Waals surface area contributed by atoms with Gasteiger partial charge in [-0.3, -0.25) is 14.9 Å². The van der Waals surface area contributed by atoms with Crippen molar-refractivity contribution in [2.45, 2.75) is 13.0 Å². The molecule has 174 valence electrons. The Kier molecular flexibility index (Phi) is 8.34. The number of benzene rings is 3. The second kappa shape index (κ2) is 11.4. The summed E-state index contributed by atoms with van der Waals surface area (Å²) in [4.78, 5) is 34.9. The molecule has 0 aliphatic carbocycles. The summed E-state index contributed by atoms with van der Waals surface area (Å²) in [6.45, 7) is 1.50. The number of carbonyl (C=O) groups excluding carboxylic acids is 2. The van der Waals surface area contributed by atoms with Gasteiger partial charge in [-0.15, -0.1) is 0 Å². The Labute approximate surface area is 207 Å². The minimum atomic E-state index is -0.927. The molecule has 0 bridgehead atoms. The number of rotatable bonds is 8. The van der Waals surface area contributed by atoms with Crippen LogP contribution < -0.4 is 14.9 Å². The van der Waals surface area contributed by atoms with Crippen molar-refractivity contribution in [3.63, 3.8) is 0 Å². The Balaban J connectivity index is 1.63. The lowest BCUT2D eigenvalue weighted by Crippen LogP contribution is -2.33. The quantitative estimate of drug-likeness (QED) is 0.137. The van der Waals surface area contributed by atoms with Crippen molar-refractivity contribution < 1.29 is 24.0 Å². The van der Waals surface area contributed by atoms with Crippen LogP contribution in [0.4, 0.5) is 5.69 Å². The van der Waals surface area contributed by atoms with Crippen molar-refractivity contribution in [2.75, 3.05) is 0 Å². The van der Waals surface area contributed by atoms with Gasteiger partial charge in [-0.05, 0) is 61.5 Å². The fraction of sp³-hybridized carbons (Fsp3) is 0.0870. The van der Waals surface area contributed by atoms with Crippen LogP contribution in [-0.4, -0.2) is 29.1 Å². The maximum absolute atomic E-state index is 12.4. The first-order chi connectivity index (χ1) is 16.2. The number of esters is 1. The molecule has 1 atom stereocenters. The third-order valence-corrected chi connectivity index (χ3v) is 5.11. The van der Waals surface area contributed by atoms with E-state index in [2.05, 4.69) is 26.5 Å². The number of hydrogen-bond acceptors (Lipinski definition) is 7. The van der Waals surface area contributed by atoms with Crippen LogP contribution in [0, 0.1) is 10.1 Å². The van der Waals surface area contributed by atoms with E-state index < -0.39 is 22.9 Å². The van der Waals surface area contributed by atoms with Crippen molar-refractivity contribution in [3.8, 4) is 11.5 Å². The topological polar surface area (TPSA) is 120 Å². The van der Waals surface area contributed by atoms with E-state index in [0.29, 0.717) is 26.4 Å². The molecule has 0 saturated carbocycles. The summed E-state index contributed by atoms with van der Waals surface area (Å²) < 4.78 is 11.6. The van der Waals surface area contributed by atoms with Gasteiger partial charge in [0, 0.05) is 27.2 Å². The number of nitro groups is 1. The molecule has 11 heteroatoms. The fourth-order valence-corrected chi connectivity index (χ4v) is 3.12. The number of nitrogens with one attached hydrogen (secondary N) is 1. The monoisotopic (exact) mass is 545 g/mol. The molecule has 9 nitrogen and oxygen atoms in total. The van der Waals surface area contributed by atoms with Crippen LogP contribution in [0.3, 0.4) is 0 Å². The first kappa shape index (κ1) is 24.9. The van der Waals surface area contributed by atoms with E-state index in [9.17, 15) is 19.7 Å². The minimum absolute atomic E-state index is 0.0874. The lowest BCUT2D eigenvalue weighted by atomic mass is 10.2. The molecule has 0 spiro atoms. The molecule has 0 heterocycles. The molecule has 0 saturated heterocycles. The second-order valence-electron chi connectivity index (χ2n) is 6.82. The molecule has 3 aromatic rings. The molecular formula is C23H17BrClN3O6. The van der Waals surface area contributed by atoms with Gasteiger partial charge in [0.05, 0.1) is 16.7 Å². The summed E-state index contributed by atoms with van der Waals surface area (Å²) >= 11 is 9.19. The average Bonchev–Trinajstić information content (AvgIpc) is 2.81. The minimum Gasteiger partial charge on any atom is -0.481 e. The van der Waals surface area contributed by atoms with Crippen LogP contribution in [0.5, 0.6) is 11.5 Å². The number of halogens is 2. The zero-order valence-corrected chi connectivity index (χ0v) is 19.9. The van der Waals surface area contributed by atoms with Gasteiger partial charge in [-0.25, -0.2) is 10.2 Å². The van der Waals surface area contributed by atoms with Crippen LogP contribution in [-0.2, 0) is 4.79 Å². The van der Waals surface area contributed by atoms with Crippen molar-refractivity contribution >= 4 is 51.3 Å². The summed E-state index contributed by atoms with van der Waals surface area (Å²) in [5.41, 5.74) is 3.01. The highest BCUT2D eigenvalue weighted by Crippen LogP contribution is 2.23. The first-order valence-electron chi connectivity index (χ1n) is 9.74. The molecule has 0 fully saturated rings. The van der Waals surface area contributed by atoms with Gasteiger partial charge < -0.3 is 9.47 Å². The highest BCUT2D eigenvalue weighted by Gasteiger charge is 2.15. The Morgan fingerprint density at radius 2 is 1.79 bits per heavy atom. The van der Waals surface area contributed by atoms with Crippen LogP contribution >= 0.6 is 27.5 Å². The number of carbonyl (C=O) groups is 2. The fourth-order valence-electron chi connectivity index (χ4n) is 2.62. The van der Waals surface area contributed by atoms with E-state index in [0.717, 1.165) is 0 Å². The zero-order valence-electron chi connectivity index (χ0n) is 17.6. The van der Waals surface area contributed by atoms with Gasteiger partial charge in [-0.1, -0.05) is 27.5 Å². The summed E-state index contributed by atoms with van der Waals surface area (Å²) in [5.74, 6) is -0.607. The van der Waals surface area contributed by atoms with Crippen LogP contribution in [0.2, 0.25) is 5.02 Å². The maximum Gasteiger partial charge on any atom is 0.343 e. The summed E-state index contributed by atoms with van der Waals surface area (Å²) in [5, 5.41) is 15.1. The van der Waals surface area contributed by atoms with Gasteiger partial charge in [0.2, 0.25) is 0 Å². The molecule has 0 aromatic heterocycles.